The molecule has 0 N–H and O–H groups in total. The maximum absolute atomic E-state index is 13.8. The molecule has 0 bridgehead atoms. The first-order valence-corrected chi connectivity index (χ1v) is 16.5. The highest BCUT2D eigenvalue weighted by molar-refractivity contribution is 7.98. The quantitative estimate of drug-likeness (QED) is 0.286. The normalized spacial score (nSPS) is 14.8. The summed E-state index contributed by atoms with van der Waals surface area (Å²) in [5.41, 5.74) is 1.34. The van der Waals surface area contributed by atoms with Crippen molar-refractivity contribution in [1.82, 2.24) is 14.2 Å². The second-order valence-corrected chi connectivity index (χ2v) is 12.9. The third kappa shape index (κ3) is 6.57. The Balaban J connectivity index is 1.61. The molecule has 2 aromatic carbocycles. The molecule has 8 nitrogen and oxygen atoms in total. The summed E-state index contributed by atoms with van der Waals surface area (Å²) in [4.78, 5) is 24.0. The number of carbonyl (C=O) groups is 1. The summed E-state index contributed by atoms with van der Waals surface area (Å²) in [5.74, 6) is -0.190. The predicted octanol–water partition coefficient (Wildman–Crippen LogP) is 4.81. The average Bonchev–Trinajstić information content (AvgIpc) is 3.38. The van der Waals surface area contributed by atoms with Gasteiger partial charge in [-0.05, 0) is 49.1 Å². The van der Waals surface area contributed by atoms with E-state index in [1.165, 1.54) is 15.6 Å². The number of fused-ring (bicyclic) bond motifs is 1. The third-order valence-electron chi connectivity index (χ3n) is 6.66. The molecule has 1 aliphatic heterocycles. The lowest BCUT2D eigenvalue weighted by Gasteiger charge is -2.29. The fourth-order valence-electron chi connectivity index (χ4n) is 4.40. The van der Waals surface area contributed by atoms with E-state index in [2.05, 4.69) is 4.90 Å². The molecule has 0 atom stereocenters. The molecule has 0 unspecified atom stereocenters. The zero-order valence-electron chi connectivity index (χ0n) is 22.3. The van der Waals surface area contributed by atoms with Gasteiger partial charge < -0.3 is 4.74 Å². The van der Waals surface area contributed by atoms with Crippen LogP contribution < -0.4 is 4.90 Å². The Bertz CT molecular complexity index is 1320. The lowest BCUT2D eigenvalue weighted by atomic mass is 10.2. The van der Waals surface area contributed by atoms with E-state index in [9.17, 15) is 13.2 Å². The van der Waals surface area contributed by atoms with E-state index in [4.69, 9.17) is 9.72 Å². The summed E-state index contributed by atoms with van der Waals surface area (Å²) in [6.07, 6.45) is 3.75. The second-order valence-electron chi connectivity index (χ2n) is 9.09. The maximum atomic E-state index is 13.8. The van der Waals surface area contributed by atoms with E-state index < -0.39 is 10.0 Å². The third-order valence-corrected chi connectivity index (χ3v) is 10.5. The number of morpholine rings is 1. The molecule has 0 spiro atoms. The number of sulfonamides is 1. The van der Waals surface area contributed by atoms with Gasteiger partial charge in [0.15, 0.2) is 5.13 Å². The smallest absolute Gasteiger partial charge is 0.260 e. The summed E-state index contributed by atoms with van der Waals surface area (Å²) < 4.78 is 34.3. The van der Waals surface area contributed by atoms with E-state index in [-0.39, 0.29) is 10.8 Å². The van der Waals surface area contributed by atoms with E-state index in [1.54, 1.807) is 40.9 Å². The molecule has 1 aliphatic rings. The minimum absolute atomic E-state index is 0.190. The van der Waals surface area contributed by atoms with Gasteiger partial charge in [0, 0.05) is 49.7 Å². The van der Waals surface area contributed by atoms with Crippen LogP contribution in [-0.2, 0) is 14.8 Å². The van der Waals surface area contributed by atoms with Crippen LogP contribution >= 0.6 is 23.1 Å². The van der Waals surface area contributed by atoms with Crippen LogP contribution in [-0.4, -0.2) is 87.3 Å². The number of aromatic nitrogens is 1. The largest absolute Gasteiger partial charge is 0.379 e. The minimum Gasteiger partial charge on any atom is -0.379 e. The van der Waals surface area contributed by atoms with Gasteiger partial charge in [0.2, 0.25) is 10.0 Å². The highest BCUT2D eigenvalue weighted by atomic mass is 32.2. The molecule has 0 radical (unpaired) electrons. The fourth-order valence-corrected chi connectivity index (χ4v) is 7.53. The maximum Gasteiger partial charge on any atom is 0.260 e. The molecule has 0 aliphatic carbocycles. The van der Waals surface area contributed by atoms with Crippen LogP contribution in [0.2, 0.25) is 0 Å². The van der Waals surface area contributed by atoms with E-state index in [1.807, 2.05) is 38.3 Å². The SMILES string of the molecule is CCCCN(CC)S(=O)(=O)c1ccc(C(=O)N(CCN2CCOCC2)c2nc3c(SC)cccc3s2)cc1. The van der Waals surface area contributed by atoms with Gasteiger partial charge in [-0.1, -0.05) is 37.7 Å². The van der Waals surface area contributed by atoms with Crippen molar-refractivity contribution in [1.29, 1.82) is 0 Å². The molecule has 38 heavy (non-hydrogen) atoms. The Morgan fingerprint density at radius 1 is 1.11 bits per heavy atom. The van der Waals surface area contributed by atoms with Gasteiger partial charge in [-0.2, -0.15) is 4.31 Å². The van der Waals surface area contributed by atoms with Crippen molar-refractivity contribution < 1.29 is 17.9 Å². The van der Waals surface area contributed by atoms with E-state index >= 15 is 0 Å². The second kappa shape index (κ2) is 13.4. The topological polar surface area (TPSA) is 83.1 Å². The number of unbranched alkanes of at least 4 members (excludes halogenated alkanes) is 1. The number of anilines is 1. The lowest BCUT2D eigenvalue weighted by Crippen LogP contribution is -2.43. The number of hydrogen-bond donors (Lipinski definition) is 0. The number of ether oxygens (including phenoxy) is 1. The lowest BCUT2D eigenvalue weighted by molar-refractivity contribution is 0.0391. The van der Waals surface area contributed by atoms with E-state index in [0.717, 1.165) is 41.0 Å². The van der Waals surface area contributed by atoms with Crippen LogP contribution in [0.4, 0.5) is 5.13 Å². The zero-order chi connectivity index (χ0) is 27.1. The monoisotopic (exact) mass is 576 g/mol. The summed E-state index contributed by atoms with van der Waals surface area (Å²) in [6, 6.07) is 12.4. The Kier molecular flexibility index (Phi) is 10.2. The zero-order valence-corrected chi connectivity index (χ0v) is 24.7. The number of para-hydroxylation sites is 1. The van der Waals surface area contributed by atoms with Crippen LogP contribution in [0.15, 0.2) is 52.3 Å². The highest BCUT2D eigenvalue weighted by Crippen LogP contribution is 2.34. The predicted molar refractivity (Wildman–Crippen MR) is 156 cm³/mol. The number of thioether (sulfide) groups is 1. The summed E-state index contributed by atoms with van der Waals surface area (Å²) >= 11 is 3.14. The van der Waals surface area contributed by atoms with Crippen molar-refractivity contribution >= 4 is 54.4 Å². The van der Waals surface area contributed by atoms with Gasteiger partial charge in [-0.15, -0.1) is 11.8 Å². The molecule has 11 heteroatoms. The Morgan fingerprint density at radius 2 is 1.84 bits per heavy atom. The fraction of sp³-hybridized carbons (Fsp3) is 0.481. The molecule has 0 saturated carbocycles. The van der Waals surface area contributed by atoms with Gasteiger partial charge in [-0.3, -0.25) is 14.6 Å². The standard InChI is InChI=1S/C27H36N4O4S3/c1-4-6-14-30(5-2)38(33,34)22-12-10-21(11-13-22)26(32)31(16-15-29-17-19-35-20-18-29)27-28-25-23(36-3)8-7-9-24(25)37-27/h7-13H,4-6,14-20H2,1-3H3. The molecule has 1 aromatic heterocycles. The number of benzene rings is 2. The van der Waals surface area contributed by atoms with Gasteiger partial charge in [-0.25, -0.2) is 13.4 Å². The Labute approximate surface area is 234 Å². The van der Waals surface area contributed by atoms with Crippen LogP contribution in [0.1, 0.15) is 37.0 Å². The first kappa shape index (κ1) is 29.0. The van der Waals surface area contributed by atoms with Crippen molar-refractivity contribution in [2.24, 2.45) is 0 Å². The number of rotatable bonds is 12. The number of hydrogen-bond acceptors (Lipinski definition) is 8. The van der Waals surface area contributed by atoms with Crippen LogP contribution in [0, 0.1) is 0 Å². The summed E-state index contributed by atoms with van der Waals surface area (Å²) in [6.45, 7) is 9.01. The highest BCUT2D eigenvalue weighted by Gasteiger charge is 2.26. The van der Waals surface area contributed by atoms with Crippen LogP contribution in [0.3, 0.4) is 0 Å². The minimum atomic E-state index is -3.61. The van der Waals surface area contributed by atoms with E-state index in [0.29, 0.717) is 50.1 Å². The average molecular weight is 577 g/mol. The number of thiazole rings is 1. The first-order chi connectivity index (χ1) is 18.4. The van der Waals surface area contributed by atoms with Crippen LogP contribution in [0.5, 0.6) is 0 Å². The number of carbonyl (C=O) groups excluding carboxylic acids is 1. The van der Waals surface area contributed by atoms with Crippen molar-refractivity contribution in [2.75, 3.05) is 63.6 Å². The Hall–Kier alpha value is -2.02. The van der Waals surface area contributed by atoms with Crippen molar-refractivity contribution in [3.63, 3.8) is 0 Å². The van der Waals surface area contributed by atoms with Gasteiger partial charge >= 0.3 is 0 Å². The summed E-state index contributed by atoms with van der Waals surface area (Å²) in [5, 5.41) is 0.646. The number of amides is 1. The van der Waals surface area contributed by atoms with Crippen molar-refractivity contribution in [3.05, 3.63) is 48.0 Å². The molecule has 1 saturated heterocycles. The molecule has 4 rings (SSSR count). The molecule has 1 fully saturated rings. The summed E-state index contributed by atoms with van der Waals surface area (Å²) in [7, 11) is -3.61. The molecular weight excluding hydrogens is 541 g/mol. The molecule has 206 valence electrons. The van der Waals surface area contributed by atoms with Gasteiger partial charge in [0.05, 0.1) is 28.3 Å². The number of nitrogens with zero attached hydrogens (tertiary/aromatic N) is 4. The molecular formula is C27H36N4O4S3. The van der Waals surface area contributed by atoms with Gasteiger partial charge in [0.1, 0.15) is 0 Å². The van der Waals surface area contributed by atoms with Gasteiger partial charge in [0.25, 0.3) is 5.91 Å². The van der Waals surface area contributed by atoms with Crippen LogP contribution in [0.25, 0.3) is 10.2 Å². The van der Waals surface area contributed by atoms with Crippen molar-refractivity contribution in [2.45, 2.75) is 36.5 Å². The molecule has 3 aromatic rings. The molecule has 1 amide bonds. The molecule has 2 heterocycles. The first-order valence-electron chi connectivity index (χ1n) is 13.0. The van der Waals surface area contributed by atoms with Crippen molar-refractivity contribution in [3.8, 4) is 0 Å². The Morgan fingerprint density at radius 3 is 2.50 bits per heavy atom.